The monoisotopic (exact) mass is 261 g/mol. The Morgan fingerprint density at radius 1 is 1.21 bits per heavy atom. The SMILES string of the molecule is NC1CCN(CCn2c(=O)oc3ccccc32)CC1. The Morgan fingerprint density at radius 2 is 1.95 bits per heavy atom. The lowest BCUT2D eigenvalue weighted by molar-refractivity contribution is 0.205. The van der Waals surface area contributed by atoms with Crippen LogP contribution in [0.25, 0.3) is 11.1 Å². The average molecular weight is 261 g/mol. The van der Waals surface area contributed by atoms with E-state index in [1.54, 1.807) is 4.57 Å². The Kier molecular flexibility index (Phi) is 3.40. The summed E-state index contributed by atoms with van der Waals surface area (Å²) in [7, 11) is 0. The molecule has 5 heteroatoms. The van der Waals surface area contributed by atoms with Crippen molar-refractivity contribution < 1.29 is 4.42 Å². The topological polar surface area (TPSA) is 64.4 Å². The highest BCUT2D eigenvalue weighted by molar-refractivity contribution is 5.72. The number of aromatic nitrogens is 1. The molecule has 5 nitrogen and oxygen atoms in total. The van der Waals surface area contributed by atoms with Crippen LogP contribution in [0, 0.1) is 0 Å². The molecule has 0 aliphatic carbocycles. The van der Waals surface area contributed by atoms with Crippen LogP contribution >= 0.6 is 0 Å². The van der Waals surface area contributed by atoms with Gasteiger partial charge in [-0.2, -0.15) is 0 Å². The first-order valence-electron chi connectivity index (χ1n) is 6.80. The van der Waals surface area contributed by atoms with E-state index in [4.69, 9.17) is 10.2 Å². The smallest absolute Gasteiger partial charge is 0.408 e. The van der Waals surface area contributed by atoms with Crippen molar-refractivity contribution in [1.29, 1.82) is 0 Å². The van der Waals surface area contributed by atoms with Crippen LogP contribution < -0.4 is 11.5 Å². The van der Waals surface area contributed by atoms with E-state index in [-0.39, 0.29) is 5.76 Å². The Hall–Kier alpha value is -1.59. The van der Waals surface area contributed by atoms with Gasteiger partial charge < -0.3 is 15.1 Å². The van der Waals surface area contributed by atoms with Crippen LogP contribution in [0.2, 0.25) is 0 Å². The van der Waals surface area contributed by atoms with Crippen molar-refractivity contribution in [1.82, 2.24) is 9.47 Å². The van der Waals surface area contributed by atoms with Gasteiger partial charge in [-0.25, -0.2) is 4.79 Å². The summed E-state index contributed by atoms with van der Waals surface area (Å²) >= 11 is 0. The van der Waals surface area contributed by atoms with E-state index >= 15 is 0 Å². The molecule has 1 aromatic heterocycles. The van der Waals surface area contributed by atoms with Crippen molar-refractivity contribution in [2.45, 2.75) is 25.4 Å². The second-order valence-corrected chi connectivity index (χ2v) is 5.17. The van der Waals surface area contributed by atoms with Crippen LogP contribution in [0.4, 0.5) is 0 Å². The lowest BCUT2D eigenvalue weighted by atomic mass is 10.1. The van der Waals surface area contributed by atoms with E-state index in [1.807, 2.05) is 24.3 Å². The molecular formula is C14H19N3O2. The largest absolute Gasteiger partial charge is 0.419 e. The van der Waals surface area contributed by atoms with Gasteiger partial charge in [0, 0.05) is 19.1 Å². The third-order valence-corrected chi connectivity index (χ3v) is 3.85. The van der Waals surface area contributed by atoms with Crippen LogP contribution in [-0.2, 0) is 6.54 Å². The summed E-state index contributed by atoms with van der Waals surface area (Å²) in [6.07, 6.45) is 2.09. The molecule has 3 rings (SSSR count). The Labute approximate surface area is 111 Å². The molecule has 1 aliphatic rings. The second-order valence-electron chi connectivity index (χ2n) is 5.17. The summed E-state index contributed by atoms with van der Waals surface area (Å²) in [4.78, 5) is 14.2. The molecule has 2 N–H and O–H groups in total. The number of likely N-dealkylation sites (tertiary alicyclic amines) is 1. The molecule has 2 heterocycles. The molecule has 0 spiro atoms. The minimum atomic E-state index is -0.269. The normalized spacial score (nSPS) is 18.2. The van der Waals surface area contributed by atoms with Crippen molar-refractivity contribution in [3.63, 3.8) is 0 Å². The summed E-state index contributed by atoms with van der Waals surface area (Å²) in [6, 6.07) is 7.89. The number of hydrogen-bond donors (Lipinski definition) is 1. The standard InChI is InChI=1S/C14H19N3O2/c15-11-5-7-16(8-6-11)9-10-17-12-3-1-2-4-13(12)19-14(17)18/h1-4,11H,5-10,15H2. The predicted molar refractivity (Wildman–Crippen MR) is 74.1 cm³/mol. The van der Waals surface area contributed by atoms with Crippen LogP contribution in [0.1, 0.15) is 12.8 Å². The molecule has 2 aromatic rings. The number of fused-ring (bicyclic) bond motifs is 1. The highest BCUT2D eigenvalue weighted by atomic mass is 16.4. The number of piperidine rings is 1. The number of nitrogens with zero attached hydrogens (tertiary/aromatic N) is 2. The maximum Gasteiger partial charge on any atom is 0.419 e. The summed E-state index contributed by atoms with van der Waals surface area (Å²) in [5, 5.41) is 0. The van der Waals surface area contributed by atoms with Crippen LogP contribution in [-0.4, -0.2) is 35.1 Å². The summed E-state index contributed by atoms with van der Waals surface area (Å²) in [5.41, 5.74) is 7.43. The van der Waals surface area contributed by atoms with Crippen molar-refractivity contribution >= 4 is 11.1 Å². The molecule has 1 fully saturated rings. The maximum absolute atomic E-state index is 11.8. The molecule has 1 saturated heterocycles. The Morgan fingerprint density at radius 3 is 2.74 bits per heavy atom. The fraction of sp³-hybridized carbons (Fsp3) is 0.500. The molecule has 0 bridgehead atoms. The molecule has 0 amide bonds. The van der Waals surface area contributed by atoms with Gasteiger partial charge in [-0.15, -0.1) is 0 Å². The van der Waals surface area contributed by atoms with E-state index < -0.39 is 0 Å². The van der Waals surface area contributed by atoms with E-state index in [0.29, 0.717) is 18.2 Å². The number of rotatable bonds is 3. The number of benzene rings is 1. The van der Waals surface area contributed by atoms with Gasteiger partial charge in [0.25, 0.3) is 0 Å². The molecule has 19 heavy (non-hydrogen) atoms. The molecule has 0 radical (unpaired) electrons. The fourth-order valence-corrected chi connectivity index (χ4v) is 2.64. The molecule has 1 aromatic carbocycles. The van der Waals surface area contributed by atoms with Crippen molar-refractivity contribution in [3.05, 3.63) is 34.8 Å². The molecular weight excluding hydrogens is 242 g/mol. The second kappa shape index (κ2) is 5.19. The first kappa shape index (κ1) is 12.4. The first-order chi connectivity index (χ1) is 9.24. The predicted octanol–water partition coefficient (Wildman–Crippen LogP) is 1.02. The Bertz CT molecular complexity index is 608. The molecule has 102 valence electrons. The lowest BCUT2D eigenvalue weighted by Crippen LogP contribution is -2.41. The van der Waals surface area contributed by atoms with Gasteiger partial charge in [-0.1, -0.05) is 12.1 Å². The third kappa shape index (κ3) is 2.57. The van der Waals surface area contributed by atoms with Gasteiger partial charge in [0.05, 0.1) is 5.52 Å². The number of nitrogens with two attached hydrogens (primary N) is 1. The van der Waals surface area contributed by atoms with Crippen molar-refractivity contribution in [2.24, 2.45) is 5.73 Å². The minimum absolute atomic E-state index is 0.269. The van der Waals surface area contributed by atoms with Gasteiger partial charge in [-0.05, 0) is 38.1 Å². The average Bonchev–Trinajstić information content (AvgIpc) is 2.74. The van der Waals surface area contributed by atoms with E-state index in [9.17, 15) is 4.79 Å². The van der Waals surface area contributed by atoms with Crippen LogP contribution in [0.15, 0.2) is 33.5 Å². The summed E-state index contributed by atoms with van der Waals surface area (Å²) in [6.45, 7) is 3.58. The third-order valence-electron chi connectivity index (χ3n) is 3.85. The zero-order valence-electron chi connectivity index (χ0n) is 10.9. The summed E-state index contributed by atoms with van der Waals surface area (Å²) in [5.74, 6) is -0.269. The van der Waals surface area contributed by atoms with E-state index in [2.05, 4.69) is 4.90 Å². The van der Waals surface area contributed by atoms with E-state index in [1.165, 1.54) is 0 Å². The number of oxazole rings is 1. The zero-order chi connectivity index (χ0) is 13.2. The van der Waals surface area contributed by atoms with Gasteiger partial charge in [-0.3, -0.25) is 4.57 Å². The maximum atomic E-state index is 11.8. The van der Waals surface area contributed by atoms with Crippen LogP contribution in [0.5, 0.6) is 0 Å². The minimum Gasteiger partial charge on any atom is -0.408 e. The number of para-hydroxylation sites is 2. The highest BCUT2D eigenvalue weighted by Gasteiger charge is 2.16. The number of hydrogen-bond acceptors (Lipinski definition) is 4. The fourth-order valence-electron chi connectivity index (χ4n) is 2.64. The van der Waals surface area contributed by atoms with Crippen molar-refractivity contribution in [2.75, 3.05) is 19.6 Å². The molecule has 0 unspecified atom stereocenters. The molecule has 0 atom stereocenters. The van der Waals surface area contributed by atoms with E-state index in [0.717, 1.165) is 38.0 Å². The van der Waals surface area contributed by atoms with Crippen molar-refractivity contribution in [3.8, 4) is 0 Å². The molecule has 1 aliphatic heterocycles. The van der Waals surface area contributed by atoms with Gasteiger partial charge in [0.15, 0.2) is 5.58 Å². The van der Waals surface area contributed by atoms with Gasteiger partial charge >= 0.3 is 5.76 Å². The van der Waals surface area contributed by atoms with Gasteiger partial charge in [0.2, 0.25) is 0 Å². The quantitative estimate of drug-likeness (QED) is 0.896. The zero-order valence-corrected chi connectivity index (χ0v) is 10.9. The van der Waals surface area contributed by atoms with Crippen LogP contribution in [0.3, 0.4) is 0 Å². The lowest BCUT2D eigenvalue weighted by Gasteiger charge is -2.29. The highest BCUT2D eigenvalue weighted by Crippen LogP contribution is 2.12. The summed E-state index contributed by atoms with van der Waals surface area (Å²) < 4.78 is 6.94. The first-order valence-corrected chi connectivity index (χ1v) is 6.80. The molecule has 0 saturated carbocycles. The van der Waals surface area contributed by atoms with Gasteiger partial charge in [0.1, 0.15) is 0 Å². The Balaban J connectivity index is 1.72.